The second kappa shape index (κ2) is 6.19. The highest BCUT2D eigenvalue weighted by molar-refractivity contribution is 5.60. The Balaban J connectivity index is 2.32. The van der Waals surface area contributed by atoms with Crippen LogP contribution in [0.3, 0.4) is 0 Å². The summed E-state index contributed by atoms with van der Waals surface area (Å²) in [5, 5.41) is 8.46. The van der Waals surface area contributed by atoms with Gasteiger partial charge in [-0.15, -0.1) is 0 Å². The summed E-state index contributed by atoms with van der Waals surface area (Å²) in [6.45, 7) is 1.96. The molecule has 0 radical (unpaired) electrons. The maximum atomic E-state index is 11.0. The van der Waals surface area contributed by atoms with Crippen LogP contribution in [0.25, 0.3) is 0 Å². The van der Waals surface area contributed by atoms with Crippen LogP contribution in [0.4, 0.5) is 9.59 Å². The van der Waals surface area contributed by atoms with Crippen molar-refractivity contribution < 1.29 is 28.9 Å². The van der Waals surface area contributed by atoms with Crippen LogP contribution in [0, 0.1) is 0 Å². The Bertz CT molecular complexity index is 252. The van der Waals surface area contributed by atoms with E-state index in [0.29, 0.717) is 12.8 Å². The summed E-state index contributed by atoms with van der Waals surface area (Å²) in [5.74, 6) is 0. The summed E-state index contributed by atoms with van der Waals surface area (Å²) < 4.78 is 14.3. The average Bonchev–Trinajstić information content (AvgIpc) is 2.17. The number of carbonyl (C=O) groups excluding carboxylic acids is 1. The first-order valence-electron chi connectivity index (χ1n) is 5.34. The SMILES string of the molecule is CCOC(=O)OC1CCCC(OC(=O)O)C1. The Hall–Kier alpha value is -1.46. The molecule has 2 unspecified atom stereocenters. The fraction of sp³-hybridized carbons (Fsp3) is 0.800. The average molecular weight is 232 g/mol. The number of carboxylic acid groups (broad SMARTS) is 1. The lowest BCUT2D eigenvalue weighted by Crippen LogP contribution is -2.31. The molecule has 1 aliphatic rings. The first kappa shape index (κ1) is 12.6. The Morgan fingerprint density at radius 3 is 2.44 bits per heavy atom. The first-order valence-corrected chi connectivity index (χ1v) is 5.34. The zero-order chi connectivity index (χ0) is 12.0. The Kier molecular flexibility index (Phi) is 4.88. The summed E-state index contributed by atoms with van der Waals surface area (Å²) >= 11 is 0. The monoisotopic (exact) mass is 232 g/mol. The van der Waals surface area contributed by atoms with Gasteiger partial charge < -0.3 is 19.3 Å². The number of hydrogen-bond donors (Lipinski definition) is 1. The molecule has 0 aromatic rings. The van der Waals surface area contributed by atoms with Crippen LogP contribution in [-0.2, 0) is 14.2 Å². The van der Waals surface area contributed by atoms with Gasteiger partial charge in [-0.05, 0) is 26.2 Å². The van der Waals surface area contributed by atoms with E-state index in [-0.39, 0.29) is 18.8 Å². The van der Waals surface area contributed by atoms with Gasteiger partial charge in [0.05, 0.1) is 6.61 Å². The van der Waals surface area contributed by atoms with E-state index in [1.807, 2.05) is 0 Å². The molecule has 0 bridgehead atoms. The molecule has 0 amide bonds. The molecule has 1 rings (SSSR count). The minimum atomic E-state index is -1.29. The lowest BCUT2D eigenvalue weighted by molar-refractivity contribution is -0.0264. The standard InChI is InChI=1S/C10H16O6/c1-2-14-10(13)16-8-5-3-4-7(6-8)15-9(11)12/h7-8H,2-6H2,1H3,(H,11,12). The summed E-state index contributed by atoms with van der Waals surface area (Å²) in [6.07, 6.45) is -0.103. The molecule has 16 heavy (non-hydrogen) atoms. The van der Waals surface area contributed by atoms with E-state index in [4.69, 9.17) is 9.84 Å². The van der Waals surface area contributed by atoms with Crippen molar-refractivity contribution >= 4 is 12.3 Å². The van der Waals surface area contributed by atoms with E-state index >= 15 is 0 Å². The third kappa shape index (κ3) is 4.37. The predicted octanol–water partition coefficient (Wildman–Crippen LogP) is 2.17. The van der Waals surface area contributed by atoms with Gasteiger partial charge in [-0.1, -0.05) is 0 Å². The lowest BCUT2D eigenvalue weighted by atomic mass is 9.95. The smallest absolute Gasteiger partial charge is 0.450 e. The van der Waals surface area contributed by atoms with Crippen molar-refractivity contribution in [1.82, 2.24) is 0 Å². The summed E-state index contributed by atoms with van der Waals surface area (Å²) in [6, 6.07) is 0. The van der Waals surface area contributed by atoms with Crippen molar-refractivity contribution in [3.05, 3.63) is 0 Å². The molecule has 6 heteroatoms. The highest BCUT2D eigenvalue weighted by Crippen LogP contribution is 2.23. The maximum absolute atomic E-state index is 11.0. The van der Waals surface area contributed by atoms with E-state index in [1.165, 1.54) is 0 Å². The number of ether oxygens (including phenoxy) is 3. The minimum absolute atomic E-state index is 0.264. The molecule has 0 aliphatic heterocycles. The van der Waals surface area contributed by atoms with E-state index in [0.717, 1.165) is 12.8 Å². The molecular weight excluding hydrogens is 216 g/mol. The molecule has 2 atom stereocenters. The van der Waals surface area contributed by atoms with Crippen LogP contribution in [0.5, 0.6) is 0 Å². The Morgan fingerprint density at radius 2 is 1.88 bits per heavy atom. The van der Waals surface area contributed by atoms with Crippen LogP contribution in [0.15, 0.2) is 0 Å². The van der Waals surface area contributed by atoms with Gasteiger partial charge in [0.15, 0.2) is 0 Å². The van der Waals surface area contributed by atoms with E-state index in [1.54, 1.807) is 6.92 Å². The van der Waals surface area contributed by atoms with Crippen molar-refractivity contribution in [1.29, 1.82) is 0 Å². The van der Waals surface area contributed by atoms with Gasteiger partial charge in [0.1, 0.15) is 12.2 Å². The maximum Gasteiger partial charge on any atom is 0.508 e. The van der Waals surface area contributed by atoms with E-state index < -0.39 is 12.3 Å². The zero-order valence-electron chi connectivity index (χ0n) is 9.18. The highest BCUT2D eigenvalue weighted by Gasteiger charge is 2.27. The normalized spacial score (nSPS) is 24.6. The first-order chi connectivity index (χ1) is 7.61. The van der Waals surface area contributed by atoms with Gasteiger partial charge in [0.2, 0.25) is 0 Å². The molecule has 92 valence electrons. The van der Waals surface area contributed by atoms with Gasteiger partial charge in [-0.25, -0.2) is 9.59 Å². The molecule has 0 heterocycles. The molecule has 0 aromatic heterocycles. The zero-order valence-corrected chi connectivity index (χ0v) is 9.18. The van der Waals surface area contributed by atoms with Crippen LogP contribution in [0.1, 0.15) is 32.6 Å². The lowest BCUT2D eigenvalue weighted by Gasteiger charge is -2.27. The molecule has 1 fully saturated rings. The fourth-order valence-electron chi connectivity index (χ4n) is 1.75. The molecule has 6 nitrogen and oxygen atoms in total. The predicted molar refractivity (Wildman–Crippen MR) is 53.3 cm³/mol. The minimum Gasteiger partial charge on any atom is -0.450 e. The van der Waals surface area contributed by atoms with Crippen LogP contribution < -0.4 is 0 Å². The molecule has 0 spiro atoms. The van der Waals surface area contributed by atoms with Gasteiger partial charge in [0, 0.05) is 6.42 Å². The number of carbonyl (C=O) groups is 2. The number of hydrogen-bond acceptors (Lipinski definition) is 5. The fourth-order valence-corrected chi connectivity index (χ4v) is 1.75. The summed E-state index contributed by atoms with van der Waals surface area (Å²) in [4.78, 5) is 21.4. The van der Waals surface area contributed by atoms with Crippen molar-refractivity contribution in [3.8, 4) is 0 Å². The summed E-state index contributed by atoms with van der Waals surface area (Å²) in [5.41, 5.74) is 0. The van der Waals surface area contributed by atoms with Gasteiger partial charge >= 0.3 is 12.3 Å². The molecular formula is C10H16O6. The Morgan fingerprint density at radius 1 is 1.25 bits per heavy atom. The van der Waals surface area contributed by atoms with Crippen molar-refractivity contribution in [3.63, 3.8) is 0 Å². The molecule has 0 aromatic carbocycles. The molecule has 1 N–H and O–H groups in total. The van der Waals surface area contributed by atoms with Gasteiger partial charge in [0.25, 0.3) is 0 Å². The third-order valence-electron chi connectivity index (χ3n) is 2.37. The largest absolute Gasteiger partial charge is 0.508 e. The van der Waals surface area contributed by atoms with Gasteiger partial charge in [-0.2, -0.15) is 0 Å². The van der Waals surface area contributed by atoms with Gasteiger partial charge in [-0.3, -0.25) is 0 Å². The van der Waals surface area contributed by atoms with Crippen molar-refractivity contribution in [2.45, 2.75) is 44.8 Å². The topological polar surface area (TPSA) is 82.1 Å². The van der Waals surface area contributed by atoms with E-state index in [2.05, 4.69) is 9.47 Å². The summed E-state index contributed by atoms with van der Waals surface area (Å²) in [7, 11) is 0. The number of rotatable bonds is 3. The Labute approximate surface area is 93.5 Å². The molecule has 0 saturated heterocycles. The molecule has 1 saturated carbocycles. The second-order valence-electron chi connectivity index (χ2n) is 3.60. The third-order valence-corrected chi connectivity index (χ3v) is 2.37. The van der Waals surface area contributed by atoms with E-state index in [9.17, 15) is 9.59 Å². The quantitative estimate of drug-likeness (QED) is 0.751. The van der Waals surface area contributed by atoms with Crippen molar-refractivity contribution in [2.24, 2.45) is 0 Å². The highest BCUT2D eigenvalue weighted by atomic mass is 16.7. The van der Waals surface area contributed by atoms with Crippen molar-refractivity contribution in [2.75, 3.05) is 6.61 Å². The second-order valence-corrected chi connectivity index (χ2v) is 3.60. The van der Waals surface area contributed by atoms with Crippen LogP contribution in [-0.4, -0.2) is 36.2 Å². The van der Waals surface area contributed by atoms with Crippen LogP contribution in [0.2, 0.25) is 0 Å². The van der Waals surface area contributed by atoms with Crippen LogP contribution >= 0.6 is 0 Å². The molecule has 1 aliphatic carbocycles.